The molecule has 0 saturated carbocycles. The highest BCUT2D eigenvalue weighted by molar-refractivity contribution is 8.76. The van der Waals surface area contributed by atoms with Crippen LogP contribution in [-0.2, 0) is 22.4 Å². The molecule has 0 unspecified atom stereocenters. The van der Waals surface area contributed by atoms with Gasteiger partial charge in [0.1, 0.15) is 28.6 Å². The van der Waals surface area contributed by atoms with Crippen molar-refractivity contribution in [3.8, 4) is 0 Å². The Morgan fingerprint density at radius 2 is 1.94 bits per heavy atom. The van der Waals surface area contributed by atoms with Gasteiger partial charge in [0, 0.05) is 23.8 Å². The predicted molar refractivity (Wildman–Crippen MR) is 147 cm³/mol. The van der Waals surface area contributed by atoms with Crippen molar-refractivity contribution in [1.29, 1.82) is 0 Å². The Kier molecular flexibility index (Phi) is 8.58. The van der Waals surface area contributed by atoms with E-state index in [0.29, 0.717) is 23.6 Å². The number of nitrogens with zero attached hydrogens (tertiary/aromatic N) is 4. The van der Waals surface area contributed by atoms with Crippen molar-refractivity contribution in [2.75, 3.05) is 18.1 Å². The molecular formula is C26H31N5O3S2. The molecule has 0 aliphatic rings. The van der Waals surface area contributed by atoms with E-state index in [1.54, 1.807) is 27.8 Å². The summed E-state index contributed by atoms with van der Waals surface area (Å²) in [5.41, 5.74) is 7.87. The summed E-state index contributed by atoms with van der Waals surface area (Å²) in [5.74, 6) is 1.94. The van der Waals surface area contributed by atoms with Crippen molar-refractivity contribution in [2.45, 2.75) is 57.2 Å². The molecule has 0 radical (unpaired) electrons. The van der Waals surface area contributed by atoms with Crippen LogP contribution in [0.1, 0.15) is 39.4 Å². The zero-order valence-corrected chi connectivity index (χ0v) is 22.4. The maximum absolute atomic E-state index is 12.5. The molecule has 0 atom stereocenters. The van der Waals surface area contributed by atoms with Crippen molar-refractivity contribution < 1.29 is 14.3 Å². The molecule has 0 fully saturated rings. The molecule has 0 spiro atoms. The SMILES string of the molecule is CCCCc1nc2c(N)nc3ccccc3c2n1CC(C)(C)OC(=O)OCCSSc1ccccn1. The van der Waals surface area contributed by atoms with Gasteiger partial charge in [0.2, 0.25) is 0 Å². The number of benzene rings is 1. The van der Waals surface area contributed by atoms with Gasteiger partial charge in [-0.15, -0.1) is 0 Å². The van der Waals surface area contributed by atoms with Gasteiger partial charge in [-0.1, -0.05) is 48.4 Å². The van der Waals surface area contributed by atoms with E-state index in [-0.39, 0.29) is 6.61 Å². The fourth-order valence-electron chi connectivity index (χ4n) is 3.93. The quantitative estimate of drug-likeness (QED) is 0.138. The van der Waals surface area contributed by atoms with Gasteiger partial charge in [-0.2, -0.15) is 0 Å². The van der Waals surface area contributed by atoms with Crippen LogP contribution in [0.4, 0.5) is 10.6 Å². The second-order valence-electron chi connectivity index (χ2n) is 8.96. The molecule has 0 bridgehead atoms. The van der Waals surface area contributed by atoms with Crippen molar-refractivity contribution in [3.63, 3.8) is 0 Å². The lowest BCUT2D eigenvalue weighted by Gasteiger charge is -2.26. The maximum atomic E-state index is 12.5. The van der Waals surface area contributed by atoms with Gasteiger partial charge >= 0.3 is 6.16 Å². The predicted octanol–water partition coefficient (Wildman–Crippen LogP) is 6.28. The summed E-state index contributed by atoms with van der Waals surface area (Å²) < 4.78 is 13.2. The van der Waals surface area contributed by atoms with Gasteiger partial charge in [0.05, 0.1) is 17.6 Å². The normalized spacial score (nSPS) is 11.8. The summed E-state index contributed by atoms with van der Waals surface area (Å²) in [5, 5.41) is 1.89. The molecule has 4 rings (SSSR count). The number of nitrogens with two attached hydrogens (primary N) is 1. The number of nitrogen functional groups attached to an aromatic ring is 1. The Morgan fingerprint density at radius 3 is 2.72 bits per heavy atom. The summed E-state index contributed by atoms with van der Waals surface area (Å²) in [6, 6.07) is 13.6. The summed E-state index contributed by atoms with van der Waals surface area (Å²) in [4.78, 5) is 26.1. The Hall–Kier alpha value is -2.98. The first kappa shape index (κ1) is 26.1. The number of anilines is 1. The number of ether oxygens (including phenoxy) is 2. The van der Waals surface area contributed by atoms with Crippen molar-refractivity contribution in [3.05, 3.63) is 54.5 Å². The minimum atomic E-state index is -0.833. The number of carbonyl (C=O) groups is 1. The van der Waals surface area contributed by atoms with E-state index in [2.05, 4.69) is 21.5 Å². The van der Waals surface area contributed by atoms with Gasteiger partial charge in [-0.05, 0) is 49.3 Å². The fourth-order valence-corrected chi connectivity index (χ4v) is 5.63. The number of aryl methyl sites for hydroxylation is 1. The number of aromatic nitrogens is 4. The van der Waals surface area contributed by atoms with Crippen molar-refractivity contribution >= 4 is 55.5 Å². The van der Waals surface area contributed by atoms with Crippen LogP contribution < -0.4 is 5.73 Å². The average Bonchev–Trinajstić information content (AvgIpc) is 3.21. The number of hydrogen-bond donors (Lipinski definition) is 1. The number of hydrogen-bond acceptors (Lipinski definition) is 9. The first-order valence-corrected chi connectivity index (χ1v) is 14.3. The molecule has 3 aromatic heterocycles. The monoisotopic (exact) mass is 525 g/mol. The smallest absolute Gasteiger partial charge is 0.433 e. The number of unbranched alkanes of at least 4 members (excludes halogenated alkanes) is 1. The Morgan fingerprint density at radius 1 is 1.14 bits per heavy atom. The second-order valence-corrected chi connectivity index (χ2v) is 11.4. The van der Waals surface area contributed by atoms with E-state index in [0.717, 1.165) is 46.5 Å². The Balaban J connectivity index is 1.45. The molecule has 10 heteroatoms. The topological polar surface area (TPSA) is 105 Å². The highest BCUT2D eigenvalue weighted by atomic mass is 33.1. The minimum absolute atomic E-state index is 0.252. The third-order valence-corrected chi connectivity index (χ3v) is 7.74. The van der Waals surface area contributed by atoms with E-state index < -0.39 is 11.8 Å². The van der Waals surface area contributed by atoms with Crippen LogP contribution in [0.5, 0.6) is 0 Å². The summed E-state index contributed by atoms with van der Waals surface area (Å²) in [6.45, 7) is 6.57. The maximum Gasteiger partial charge on any atom is 0.508 e. The molecule has 3 heterocycles. The van der Waals surface area contributed by atoms with Crippen LogP contribution in [-0.4, -0.2) is 43.6 Å². The zero-order chi connectivity index (χ0) is 25.5. The Labute approximate surface area is 218 Å². The van der Waals surface area contributed by atoms with E-state index >= 15 is 0 Å². The van der Waals surface area contributed by atoms with Crippen LogP contribution in [0.25, 0.3) is 21.9 Å². The molecule has 4 aromatic rings. The summed E-state index contributed by atoms with van der Waals surface area (Å²) in [7, 11) is 3.12. The standard InChI is InChI=1S/C26H31N5O3S2/c1-4-5-12-20-30-22-23(18-10-6-7-11-19(18)29-24(22)27)31(20)17-26(2,3)34-25(32)33-15-16-35-36-21-13-8-9-14-28-21/h6-11,13-14H,4-5,12,15-17H2,1-3H3,(H2,27,29). The molecule has 190 valence electrons. The highest BCUT2D eigenvalue weighted by Gasteiger charge is 2.28. The number of rotatable bonds is 11. The van der Waals surface area contributed by atoms with Crippen LogP contribution in [0.3, 0.4) is 0 Å². The number of carbonyl (C=O) groups excluding carboxylic acids is 1. The van der Waals surface area contributed by atoms with Crippen molar-refractivity contribution in [2.24, 2.45) is 0 Å². The largest absolute Gasteiger partial charge is 0.508 e. The second kappa shape index (κ2) is 11.8. The molecule has 1 aromatic carbocycles. The number of fused-ring (bicyclic) bond motifs is 3. The van der Waals surface area contributed by atoms with Gasteiger partial charge in [-0.25, -0.2) is 19.7 Å². The Bertz CT molecular complexity index is 1330. The van der Waals surface area contributed by atoms with Gasteiger partial charge in [-0.3, -0.25) is 0 Å². The van der Waals surface area contributed by atoms with E-state index in [1.807, 2.05) is 56.3 Å². The fraction of sp³-hybridized carbons (Fsp3) is 0.385. The lowest BCUT2D eigenvalue weighted by molar-refractivity contribution is -0.0220. The molecule has 0 aliphatic carbocycles. The van der Waals surface area contributed by atoms with Gasteiger partial charge in [0.15, 0.2) is 5.82 Å². The molecule has 2 N–H and O–H groups in total. The molecular weight excluding hydrogens is 494 g/mol. The molecule has 0 amide bonds. The number of pyridine rings is 2. The number of imidazole rings is 1. The van der Waals surface area contributed by atoms with Crippen LogP contribution >= 0.6 is 21.6 Å². The highest BCUT2D eigenvalue weighted by Crippen LogP contribution is 2.31. The lowest BCUT2D eigenvalue weighted by Crippen LogP contribution is -2.34. The van der Waals surface area contributed by atoms with E-state index in [9.17, 15) is 4.79 Å². The van der Waals surface area contributed by atoms with E-state index in [4.69, 9.17) is 20.2 Å². The zero-order valence-electron chi connectivity index (χ0n) is 20.8. The number of para-hydroxylation sites is 1. The van der Waals surface area contributed by atoms with Crippen molar-refractivity contribution in [1.82, 2.24) is 19.5 Å². The van der Waals surface area contributed by atoms with E-state index in [1.165, 1.54) is 0 Å². The van der Waals surface area contributed by atoms with Crippen LogP contribution in [0, 0.1) is 0 Å². The molecule has 0 saturated heterocycles. The molecule has 8 nitrogen and oxygen atoms in total. The molecule has 36 heavy (non-hydrogen) atoms. The first-order valence-electron chi connectivity index (χ1n) is 12.0. The summed E-state index contributed by atoms with van der Waals surface area (Å²) in [6.07, 6.45) is 3.90. The molecule has 0 aliphatic heterocycles. The van der Waals surface area contributed by atoms with Gasteiger partial charge < -0.3 is 19.8 Å². The minimum Gasteiger partial charge on any atom is -0.433 e. The first-order chi connectivity index (χ1) is 17.4. The average molecular weight is 526 g/mol. The van der Waals surface area contributed by atoms with Crippen LogP contribution in [0.2, 0.25) is 0 Å². The summed E-state index contributed by atoms with van der Waals surface area (Å²) >= 11 is 0. The third kappa shape index (κ3) is 6.41. The lowest BCUT2D eigenvalue weighted by atomic mass is 10.1. The third-order valence-electron chi connectivity index (χ3n) is 5.51. The van der Waals surface area contributed by atoms with Gasteiger partial charge in [0.25, 0.3) is 0 Å². The van der Waals surface area contributed by atoms with Crippen LogP contribution in [0.15, 0.2) is 53.7 Å².